The van der Waals surface area contributed by atoms with Gasteiger partial charge < -0.3 is 4.42 Å². The third-order valence-electron chi connectivity index (χ3n) is 3.27. The zero-order valence-corrected chi connectivity index (χ0v) is 14.6. The van der Waals surface area contributed by atoms with Crippen molar-refractivity contribution in [1.29, 1.82) is 0 Å². The molecule has 0 fully saturated rings. The zero-order chi connectivity index (χ0) is 18.4. The number of hydrogen-bond donors (Lipinski definition) is 2. The first-order valence-corrected chi connectivity index (χ1v) is 8.64. The van der Waals surface area contributed by atoms with E-state index in [2.05, 4.69) is 25.8 Å². The van der Waals surface area contributed by atoms with Crippen LogP contribution in [0.25, 0.3) is 11.5 Å². The average molecular weight is 369 g/mol. The normalized spacial score (nSPS) is 10.3. The maximum atomic E-state index is 11.8. The van der Waals surface area contributed by atoms with Gasteiger partial charge in [0, 0.05) is 11.8 Å². The van der Waals surface area contributed by atoms with Gasteiger partial charge in [0.1, 0.15) is 5.82 Å². The predicted molar refractivity (Wildman–Crippen MR) is 96.6 cm³/mol. The van der Waals surface area contributed by atoms with Crippen LogP contribution in [0.3, 0.4) is 0 Å². The summed E-state index contributed by atoms with van der Waals surface area (Å²) in [7, 11) is 0. The maximum Gasteiger partial charge on any atom is 0.327 e. The number of benzene rings is 1. The fourth-order valence-corrected chi connectivity index (χ4v) is 2.63. The van der Waals surface area contributed by atoms with E-state index in [-0.39, 0.29) is 11.0 Å². The topological polar surface area (TPSA) is 110 Å². The lowest BCUT2D eigenvalue weighted by atomic mass is 10.1. The maximum absolute atomic E-state index is 11.8. The molecule has 0 aliphatic heterocycles. The molecule has 0 radical (unpaired) electrons. The van der Waals surface area contributed by atoms with Gasteiger partial charge in [-0.05, 0) is 30.7 Å². The molecule has 3 aromatic rings. The molecule has 1 aromatic carbocycles. The molecule has 3 amide bonds. The number of imide groups is 1. The number of nitrogens with zero attached hydrogens (tertiary/aromatic N) is 3. The third-order valence-corrected chi connectivity index (χ3v) is 4.09. The molecule has 0 saturated heterocycles. The smallest absolute Gasteiger partial charge is 0.327 e. The van der Waals surface area contributed by atoms with Gasteiger partial charge in [0.05, 0.1) is 5.75 Å². The minimum absolute atomic E-state index is 0.0367. The molecule has 8 nitrogen and oxygen atoms in total. The Hall–Kier alpha value is -3.20. The van der Waals surface area contributed by atoms with Crippen molar-refractivity contribution in [3.8, 4) is 11.5 Å². The van der Waals surface area contributed by atoms with Crippen LogP contribution in [-0.4, -0.2) is 32.9 Å². The number of carbonyl (C=O) groups excluding carboxylic acids is 2. The summed E-state index contributed by atoms with van der Waals surface area (Å²) in [5.41, 5.74) is 1.85. The summed E-state index contributed by atoms with van der Waals surface area (Å²) in [6, 6.07) is 12.0. The van der Waals surface area contributed by atoms with Crippen LogP contribution in [0.5, 0.6) is 0 Å². The number of amides is 3. The van der Waals surface area contributed by atoms with Gasteiger partial charge in [0.25, 0.3) is 5.22 Å². The Labute approximate surface area is 153 Å². The van der Waals surface area contributed by atoms with Gasteiger partial charge in [0.15, 0.2) is 0 Å². The lowest BCUT2D eigenvalue weighted by Gasteiger charge is -2.04. The molecule has 0 aliphatic rings. The quantitative estimate of drug-likeness (QED) is 0.665. The van der Waals surface area contributed by atoms with E-state index in [1.54, 1.807) is 18.2 Å². The highest BCUT2D eigenvalue weighted by Crippen LogP contribution is 2.25. The SMILES string of the molecule is Cc1ccccc1-c1nnc(SCC(=O)NC(=O)Nc2ccccn2)o1. The summed E-state index contributed by atoms with van der Waals surface area (Å²) in [5.74, 6) is 0.216. The highest BCUT2D eigenvalue weighted by molar-refractivity contribution is 7.99. The van der Waals surface area contributed by atoms with E-state index >= 15 is 0 Å². The van der Waals surface area contributed by atoms with Crippen molar-refractivity contribution < 1.29 is 14.0 Å². The monoisotopic (exact) mass is 369 g/mol. The van der Waals surface area contributed by atoms with Crippen LogP contribution in [0.2, 0.25) is 0 Å². The van der Waals surface area contributed by atoms with Crippen LogP contribution in [0.15, 0.2) is 58.3 Å². The molecule has 0 bridgehead atoms. The van der Waals surface area contributed by atoms with Crippen molar-refractivity contribution in [2.75, 3.05) is 11.1 Å². The molecule has 2 aromatic heterocycles. The minimum atomic E-state index is -0.652. The Morgan fingerprint density at radius 1 is 1.12 bits per heavy atom. The lowest BCUT2D eigenvalue weighted by Crippen LogP contribution is -2.35. The van der Waals surface area contributed by atoms with E-state index in [1.165, 1.54) is 6.20 Å². The van der Waals surface area contributed by atoms with Gasteiger partial charge in [-0.15, -0.1) is 10.2 Å². The summed E-state index contributed by atoms with van der Waals surface area (Å²) in [6.07, 6.45) is 1.54. The van der Waals surface area contributed by atoms with E-state index in [0.717, 1.165) is 22.9 Å². The van der Waals surface area contributed by atoms with Crippen molar-refractivity contribution in [3.63, 3.8) is 0 Å². The minimum Gasteiger partial charge on any atom is -0.411 e. The highest BCUT2D eigenvalue weighted by Gasteiger charge is 2.14. The number of aryl methyl sites for hydroxylation is 1. The number of nitrogens with one attached hydrogen (secondary N) is 2. The van der Waals surface area contributed by atoms with Crippen molar-refractivity contribution in [3.05, 3.63) is 54.2 Å². The first-order chi connectivity index (χ1) is 12.6. The van der Waals surface area contributed by atoms with Crippen molar-refractivity contribution in [2.45, 2.75) is 12.1 Å². The molecule has 26 heavy (non-hydrogen) atoms. The van der Waals surface area contributed by atoms with Crippen molar-refractivity contribution >= 4 is 29.5 Å². The van der Waals surface area contributed by atoms with E-state index in [9.17, 15) is 9.59 Å². The molecular formula is C17H15N5O3S. The molecule has 0 unspecified atom stereocenters. The van der Waals surface area contributed by atoms with Crippen LogP contribution < -0.4 is 10.6 Å². The summed E-state index contributed by atoms with van der Waals surface area (Å²) < 4.78 is 5.55. The molecule has 9 heteroatoms. The first-order valence-electron chi connectivity index (χ1n) is 7.66. The third kappa shape index (κ3) is 4.67. The molecule has 2 heterocycles. The first kappa shape index (κ1) is 17.6. The molecule has 2 N–H and O–H groups in total. The van der Waals surface area contributed by atoms with E-state index in [0.29, 0.717) is 11.7 Å². The second kappa shape index (κ2) is 8.26. The Balaban J connectivity index is 1.51. The Bertz CT molecular complexity index is 914. The number of pyridine rings is 1. The molecular weight excluding hydrogens is 354 g/mol. The number of urea groups is 1. The molecule has 0 spiro atoms. The van der Waals surface area contributed by atoms with E-state index in [4.69, 9.17) is 4.42 Å². The van der Waals surface area contributed by atoms with Crippen LogP contribution in [0, 0.1) is 6.92 Å². The number of hydrogen-bond acceptors (Lipinski definition) is 7. The molecule has 0 atom stereocenters. The predicted octanol–water partition coefficient (Wildman–Crippen LogP) is 2.88. The summed E-state index contributed by atoms with van der Waals surface area (Å²) in [6.45, 7) is 1.94. The van der Waals surface area contributed by atoms with Crippen LogP contribution in [-0.2, 0) is 4.79 Å². The molecule has 0 aliphatic carbocycles. The number of anilines is 1. The van der Waals surface area contributed by atoms with Gasteiger partial charge in [0.2, 0.25) is 11.8 Å². The summed E-state index contributed by atoms with van der Waals surface area (Å²) in [5, 5.41) is 12.8. The second-order valence-corrected chi connectivity index (χ2v) is 6.12. The number of rotatable bonds is 5. The summed E-state index contributed by atoms with van der Waals surface area (Å²) in [4.78, 5) is 27.5. The fourth-order valence-electron chi connectivity index (χ4n) is 2.06. The fraction of sp³-hybridized carbons (Fsp3) is 0.118. The zero-order valence-electron chi connectivity index (χ0n) is 13.8. The van der Waals surface area contributed by atoms with Crippen LogP contribution in [0.1, 0.15) is 5.56 Å². The van der Waals surface area contributed by atoms with Gasteiger partial charge >= 0.3 is 6.03 Å². The number of carbonyl (C=O) groups is 2. The van der Waals surface area contributed by atoms with E-state index < -0.39 is 11.9 Å². The van der Waals surface area contributed by atoms with Crippen molar-refractivity contribution in [2.24, 2.45) is 0 Å². The van der Waals surface area contributed by atoms with Gasteiger partial charge in [-0.1, -0.05) is 36.0 Å². The Kier molecular flexibility index (Phi) is 5.59. The molecule has 132 valence electrons. The highest BCUT2D eigenvalue weighted by atomic mass is 32.2. The lowest BCUT2D eigenvalue weighted by molar-refractivity contribution is -0.117. The summed E-state index contributed by atoms with van der Waals surface area (Å²) >= 11 is 1.05. The Morgan fingerprint density at radius 3 is 2.69 bits per heavy atom. The van der Waals surface area contributed by atoms with Crippen molar-refractivity contribution in [1.82, 2.24) is 20.5 Å². The standard InChI is InChI=1S/C17H15N5O3S/c1-11-6-2-3-7-12(11)15-21-22-17(25-15)26-10-14(23)20-16(24)19-13-8-4-5-9-18-13/h2-9H,10H2,1H3,(H2,18,19,20,23,24). The van der Waals surface area contributed by atoms with E-state index in [1.807, 2.05) is 31.2 Å². The average Bonchev–Trinajstić information content (AvgIpc) is 3.10. The molecule has 3 rings (SSSR count). The number of aromatic nitrogens is 3. The van der Waals surface area contributed by atoms with Gasteiger partial charge in [-0.3, -0.25) is 15.4 Å². The Morgan fingerprint density at radius 2 is 1.92 bits per heavy atom. The number of thioether (sulfide) groups is 1. The van der Waals surface area contributed by atoms with Crippen LogP contribution in [0.4, 0.5) is 10.6 Å². The van der Waals surface area contributed by atoms with Gasteiger partial charge in [-0.25, -0.2) is 9.78 Å². The largest absolute Gasteiger partial charge is 0.411 e. The van der Waals surface area contributed by atoms with Gasteiger partial charge in [-0.2, -0.15) is 0 Å². The molecule has 0 saturated carbocycles. The van der Waals surface area contributed by atoms with Crippen LogP contribution >= 0.6 is 11.8 Å². The second-order valence-electron chi connectivity index (χ2n) is 5.19.